The number of rotatable bonds is 5. The van der Waals surface area contributed by atoms with Gasteiger partial charge < -0.3 is 5.32 Å². The second-order valence-electron chi connectivity index (χ2n) is 4.62. The van der Waals surface area contributed by atoms with Crippen LogP contribution in [0.3, 0.4) is 0 Å². The highest BCUT2D eigenvalue weighted by Gasteiger charge is 2.05. The molecule has 20 heavy (non-hydrogen) atoms. The lowest BCUT2D eigenvalue weighted by Gasteiger charge is -2.15. The number of benzene rings is 2. The van der Waals surface area contributed by atoms with Gasteiger partial charge in [0.2, 0.25) is 0 Å². The van der Waals surface area contributed by atoms with Gasteiger partial charge >= 0.3 is 0 Å². The van der Waals surface area contributed by atoms with E-state index in [2.05, 4.69) is 64.8 Å². The normalized spacial score (nSPS) is 12.4. The van der Waals surface area contributed by atoms with Crippen LogP contribution in [0.2, 0.25) is 5.02 Å². The van der Waals surface area contributed by atoms with E-state index in [-0.39, 0.29) is 0 Å². The Kier molecular flexibility index (Phi) is 5.97. The minimum Gasteiger partial charge on any atom is -0.306 e. The lowest BCUT2D eigenvalue weighted by molar-refractivity contribution is 0.574. The van der Waals surface area contributed by atoms with Crippen LogP contribution in [0.5, 0.6) is 0 Å². The summed E-state index contributed by atoms with van der Waals surface area (Å²) in [5, 5.41) is 4.27. The molecule has 4 heteroatoms. The molecule has 0 aliphatic heterocycles. The van der Waals surface area contributed by atoms with Crippen molar-refractivity contribution in [2.24, 2.45) is 0 Å². The lowest BCUT2D eigenvalue weighted by atomic mass is 10.1. The van der Waals surface area contributed by atoms with Crippen LogP contribution in [0.15, 0.2) is 51.8 Å². The van der Waals surface area contributed by atoms with Gasteiger partial charge in [0.15, 0.2) is 0 Å². The first-order chi connectivity index (χ1) is 9.60. The Balaban J connectivity index is 1.96. The molecule has 0 aliphatic carbocycles. The van der Waals surface area contributed by atoms with Crippen LogP contribution in [0, 0.1) is 0 Å². The van der Waals surface area contributed by atoms with Gasteiger partial charge in [-0.2, -0.15) is 0 Å². The van der Waals surface area contributed by atoms with Crippen molar-refractivity contribution >= 4 is 39.3 Å². The van der Waals surface area contributed by atoms with Crippen LogP contribution in [-0.2, 0) is 6.54 Å². The standard InChI is InChI=1S/C16H17BrClNS/c1-11(13-4-6-14(20-2)7-5-13)19-10-12-3-8-15(17)16(18)9-12/h3-9,11,19H,10H2,1-2H3. The molecule has 1 unspecified atom stereocenters. The molecule has 0 heterocycles. The zero-order valence-electron chi connectivity index (χ0n) is 11.5. The number of nitrogens with one attached hydrogen (secondary N) is 1. The zero-order chi connectivity index (χ0) is 14.5. The maximum absolute atomic E-state index is 6.10. The second-order valence-corrected chi connectivity index (χ2v) is 6.77. The lowest BCUT2D eigenvalue weighted by Crippen LogP contribution is -2.18. The van der Waals surface area contributed by atoms with E-state index < -0.39 is 0 Å². The summed E-state index contributed by atoms with van der Waals surface area (Å²) in [4.78, 5) is 1.29. The SMILES string of the molecule is CSc1ccc(C(C)NCc2ccc(Br)c(Cl)c2)cc1. The topological polar surface area (TPSA) is 12.0 Å². The summed E-state index contributed by atoms with van der Waals surface area (Å²) in [7, 11) is 0. The molecule has 106 valence electrons. The van der Waals surface area contributed by atoms with Crippen molar-refractivity contribution in [2.75, 3.05) is 6.26 Å². The maximum Gasteiger partial charge on any atom is 0.0551 e. The van der Waals surface area contributed by atoms with E-state index in [4.69, 9.17) is 11.6 Å². The van der Waals surface area contributed by atoms with Crippen molar-refractivity contribution in [3.8, 4) is 0 Å². The van der Waals surface area contributed by atoms with Crippen LogP contribution in [0.25, 0.3) is 0 Å². The molecule has 1 atom stereocenters. The van der Waals surface area contributed by atoms with Crippen LogP contribution in [-0.4, -0.2) is 6.26 Å². The summed E-state index contributed by atoms with van der Waals surface area (Å²) in [5.74, 6) is 0. The van der Waals surface area contributed by atoms with Crippen LogP contribution in [0.4, 0.5) is 0 Å². The molecule has 1 nitrogen and oxygen atoms in total. The van der Waals surface area contributed by atoms with E-state index in [1.807, 2.05) is 12.1 Å². The van der Waals surface area contributed by atoms with E-state index in [0.29, 0.717) is 6.04 Å². The zero-order valence-corrected chi connectivity index (χ0v) is 14.6. The van der Waals surface area contributed by atoms with Crippen molar-refractivity contribution < 1.29 is 0 Å². The largest absolute Gasteiger partial charge is 0.306 e. The van der Waals surface area contributed by atoms with Gasteiger partial charge in [0.1, 0.15) is 0 Å². The minimum atomic E-state index is 0.313. The summed E-state index contributed by atoms with van der Waals surface area (Å²) in [6.45, 7) is 2.98. The Bertz CT molecular complexity index is 571. The molecule has 2 aromatic carbocycles. The Hall–Kier alpha value is -0.480. The molecule has 0 aromatic heterocycles. The second kappa shape index (κ2) is 7.51. The quantitative estimate of drug-likeness (QED) is 0.680. The van der Waals surface area contributed by atoms with Gasteiger partial charge in [-0.05, 0) is 64.5 Å². The van der Waals surface area contributed by atoms with E-state index in [0.717, 1.165) is 16.0 Å². The fraction of sp³-hybridized carbons (Fsp3) is 0.250. The first-order valence-corrected chi connectivity index (χ1v) is 8.81. The average molecular weight is 371 g/mol. The third kappa shape index (κ3) is 4.26. The number of hydrogen-bond acceptors (Lipinski definition) is 2. The van der Waals surface area contributed by atoms with Crippen LogP contribution >= 0.6 is 39.3 Å². The van der Waals surface area contributed by atoms with Gasteiger partial charge in [0.05, 0.1) is 5.02 Å². The van der Waals surface area contributed by atoms with E-state index in [9.17, 15) is 0 Å². The molecule has 0 bridgehead atoms. The van der Waals surface area contributed by atoms with Crippen molar-refractivity contribution in [1.29, 1.82) is 0 Å². The van der Waals surface area contributed by atoms with Gasteiger partial charge in [-0.25, -0.2) is 0 Å². The Morgan fingerprint density at radius 2 is 1.90 bits per heavy atom. The van der Waals surface area contributed by atoms with Gasteiger partial charge in [-0.1, -0.05) is 29.8 Å². The van der Waals surface area contributed by atoms with Crippen molar-refractivity contribution in [2.45, 2.75) is 24.4 Å². The van der Waals surface area contributed by atoms with Crippen LogP contribution < -0.4 is 5.32 Å². The molecule has 0 saturated carbocycles. The molecule has 2 aromatic rings. The summed E-state index contributed by atoms with van der Waals surface area (Å²) in [6, 6.07) is 15.0. The summed E-state index contributed by atoms with van der Waals surface area (Å²) in [6.07, 6.45) is 2.09. The van der Waals surface area contributed by atoms with Crippen LogP contribution in [0.1, 0.15) is 24.1 Å². The maximum atomic E-state index is 6.10. The number of halogens is 2. The predicted molar refractivity (Wildman–Crippen MR) is 92.6 cm³/mol. The average Bonchev–Trinajstić information content (AvgIpc) is 2.48. The van der Waals surface area contributed by atoms with Gasteiger partial charge in [-0.15, -0.1) is 11.8 Å². The molecule has 1 N–H and O–H groups in total. The van der Waals surface area contributed by atoms with E-state index >= 15 is 0 Å². The summed E-state index contributed by atoms with van der Waals surface area (Å²) < 4.78 is 0.934. The van der Waals surface area contributed by atoms with Crippen molar-refractivity contribution in [3.05, 3.63) is 63.1 Å². The number of thioether (sulfide) groups is 1. The Morgan fingerprint density at radius 3 is 2.50 bits per heavy atom. The molecule has 0 spiro atoms. The van der Waals surface area contributed by atoms with Gasteiger partial charge in [0.25, 0.3) is 0 Å². The Labute approximate surface area is 138 Å². The fourth-order valence-electron chi connectivity index (χ4n) is 1.93. The van der Waals surface area contributed by atoms with E-state index in [1.54, 1.807) is 11.8 Å². The highest BCUT2D eigenvalue weighted by Crippen LogP contribution is 2.24. The van der Waals surface area contributed by atoms with Crippen molar-refractivity contribution in [3.63, 3.8) is 0 Å². The summed E-state index contributed by atoms with van der Waals surface area (Å²) in [5.41, 5.74) is 2.48. The highest BCUT2D eigenvalue weighted by atomic mass is 79.9. The predicted octanol–water partition coefficient (Wildman–Crippen LogP) is 5.68. The minimum absolute atomic E-state index is 0.313. The molecular formula is C16H17BrClNS. The fourth-order valence-corrected chi connectivity index (χ4v) is 2.79. The first-order valence-electron chi connectivity index (χ1n) is 6.41. The van der Waals surface area contributed by atoms with E-state index in [1.165, 1.54) is 16.0 Å². The monoisotopic (exact) mass is 369 g/mol. The van der Waals surface area contributed by atoms with Gasteiger partial charge in [0, 0.05) is 22.0 Å². The third-order valence-electron chi connectivity index (χ3n) is 3.21. The third-order valence-corrected chi connectivity index (χ3v) is 5.19. The molecular weight excluding hydrogens is 354 g/mol. The smallest absolute Gasteiger partial charge is 0.0551 e. The highest BCUT2D eigenvalue weighted by molar-refractivity contribution is 9.10. The first kappa shape index (κ1) is 15.9. The molecule has 0 aliphatic rings. The molecule has 0 saturated heterocycles. The molecule has 0 radical (unpaired) electrons. The molecule has 0 amide bonds. The Morgan fingerprint density at radius 1 is 1.20 bits per heavy atom. The molecule has 2 rings (SSSR count). The number of hydrogen-bond donors (Lipinski definition) is 1. The van der Waals surface area contributed by atoms with Crippen molar-refractivity contribution in [1.82, 2.24) is 5.32 Å². The van der Waals surface area contributed by atoms with Gasteiger partial charge in [-0.3, -0.25) is 0 Å². The molecule has 0 fully saturated rings. The summed E-state index contributed by atoms with van der Waals surface area (Å²) >= 11 is 11.3.